The summed E-state index contributed by atoms with van der Waals surface area (Å²) in [6.07, 6.45) is 0.765. The highest BCUT2D eigenvalue weighted by molar-refractivity contribution is 7.99. The smallest absolute Gasteiger partial charge is 0.133 e. The van der Waals surface area contributed by atoms with E-state index in [1.54, 1.807) is 11.8 Å². The number of thioether (sulfide) groups is 1. The Morgan fingerprint density at radius 1 is 1.80 bits per heavy atom. The van der Waals surface area contributed by atoms with Gasteiger partial charge in [0.15, 0.2) is 0 Å². The third-order valence-electron chi connectivity index (χ3n) is 0.852. The predicted molar refractivity (Wildman–Crippen MR) is 47.0 cm³/mol. The molecule has 0 aromatic rings. The molecule has 0 heterocycles. The minimum atomic E-state index is -0.655. The molecule has 0 aliphatic rings. The maximum atomic E-state index is 8.86. The Kier molecular flexibility index (Phi) is 6.46. The van der Waals surface area contributed by atoms with Crippen LogP contribution in [0.5, 0.6) is 0 Å². The lowest BCUT2D eigenvalue weighted by Crippen LogP contribution is -1.95. The van der Waals surface area contributed by atoms with E-state index < -0.39 is 6.10 Å². The van der Waals surface area contributed by atoms with Crippen LogP contribution in [0.25, 0.3) is 0 Å². The molecule has 0 spiro atoms. The van der Waals surface area contributed by atoms with E-state index in [-0.39, 0.29) is 0 Å². The van der Waals surface area contributed by atoms with E-state index in [4.69, 9.17) is 5.11 Å². The van der Waals surface area contributed by atoms with Crippen molar-refractivity contribution in [3.8, 4) is 11.8 Å². The molecule has 0 aromatic carbocycles. The van der Waals surface area contributed by atoms with Gasteiger partial charge in [0.2, 0.25) is 0 Å². The van der Waals surface area contributed by atoms with Gasteiger partial charge in [0.25, 0.3) is 0 Å². The van der Waals surface area contributed by atoms with Gasteiger partial charge in [-0.05, 0) is 5.75 Å². The van der Waals surface area contributed by atoms with Crippen molar-refractivity contribution in [3.05, 3.63) is 12.7 Å². The molecule has 0 aliphatic heterocycles. The fraction of sp³-hybridized carbons (Fsp3) is 0.500. The van der Waals surface area contributed by atoms with E-state index >= 15 is 0 Å². The highest BCUT2D eigenvalue weighted by Crippen LogP contribution is 1.94. The van der Waals surface area contributed by atoms with Crippen LogP contribution in [-0.2, 0) is 0 Å². The fourth-order valence-corrected chi connectivity index (χ4v) is 0.748. The van der Waals surface area contributed by atoms with Crippen molar-refractivity contribution < 1.29 is 5.11 Å². The van der Waals surface area contributed by atoms with Crippen LogP contribution in [0.2, 0.25) is 0 Å². The van der Waals surface area contributed by atoms with Gasteiger partial charge in [-0.15, -0.1) is 11.8 Å². The lowest BCUT2D eigenvalue weighted by molar-refractivity contribution is 0.281. The Balaban J connectivity index is 3.38. The van der Waals surface area contributed by atoms with Crippen LogP contribution in [0.3, 0.4) is 0 Å². The van der Waals surface area contributed by atoms with Gasteiger partial charge in [0, 0.05) is 0 Å². The van der Waals surface area contributed by atoms with Crippen LogP contribution in [0.1, 0.15) is 6.92 Å². The van der Waals surface area contributed by atoms with Crippen molar-refractivity contribution in [2.24, 2.45) is 0 Å². The Labute approximate surface area is 66.5 Å². The number of aliphatic hydroxyl groups excluding tert-OH is 1. The van der Waals surface area contributed by atoms with Crippen molar-refractivity contribution in [1.29, 1.82) is 0 Å². The molecule has 0 fully saturated rings. The quantitative estimate of drug-likeness (QED) is 0.377. The number of hydrogen-bond acceptors (Lipinski definition) is 2. The van der Waals surface area contributed by atoms with Crippen LogP contribution in [0.4, 0.5) is 0 Å². The number of rotatable bonds is 3. The molecule has 0 aliphatic carbocycles. The van der Waals surface area contributed by atoms with Gasteiger partial charge >= 0.3 is 0 Å². The maximum Gasteiger partial charge on any atom is 0.133 e. The van der Waals surface area contributed by atoms with Crippen LogP contribution in [0, 0.1) is 11.8 Å². The molecular formula is C8H12OS. The molecule has 2 heteroatoms. The molecule has 0 aromatic heterocycles. The SMILES string of the molecule is C=CC(O)C#CCSCC. The molecule has 1 unspecified atom stereocenters. The summed E-state index contributed by atoms with van der Waals surface area (Å²) in [7, 11) is 0. The van der Waals surface area contributed by atoms with Gasteiger partial charge in [-0.2, -0.15) is 0 Å². The van der Waals surface area contributed by atoms with E-state index in [0.717, 1.165) is 11.5 Å². The molecule has 0 radical (unpaired) electrons. The summed E-state index contributed by atoms with van der Waals surface area (Å²) in [6, 6.07) is 0. The average molecular weight is 156 g/mol. The Morgan fingerprint density at radius 3 is 3.00 bits per heavy atom. The topological polar surface area (TPSA) is 20.2 Å². The maximum absolute atomic E-state index is 8.86. The molecule has 1 atom stereocenters. The van der Waals surface area contributed by atoms with Crippen LogP contribution < -0.4 is 0 Å². The summed E-state index contributed by atoms with van der Waals surface area (Å²) in [5, 5.41) is 8.86. The first-order chi connectivity index (χ1) is 4.81. The molecule has 1 N–H and O–H groups in total. The molecule has 0 rings (SSSR count). The fourth-order valence-electron chi connectivity index (χ4n) is 0.358. The monoisotopic (exact) mass is 156 g/mol. The Bertz CT molecular complexity index is 143. The second-order valence-corrected chi connectivity index (χ2v) is 2.91. The first-order valence-electron chi connectivity index (χ1n) is 3.18. The first kappa shape index (κ1) is 9.61. The Morgan fingerprint density at radius 2 is 2.50 bits per heavy atom. The van der Waals surface area contributed by atoms with Gasteiger partial charge in [-0.1, -0.05) is 31.4 Å². The molecule has 56 valence electrons. The summed E-state index contributed by atoms with van der Waals surface area (Å²) >= 11 is 1.74. The first-order valence-corrected chi connectivity index (χ1v) is 4.33. The standard InChI is InChI=1S/C8H12OS/c1-3-8(9)6-5-7-10-4-2/h3,8-9H,1,4,7H2,2H3. The van der Waals surface area contributed by atoms with Gasteiger partial charge in [0.05, 0.1) is 5.75 Å². The Hall–Kier alpha value is -0.390. The van der Waals surface area contributed by atoms with Gasteiger partial charge in [0.1, 0.15) is 6.10 Å². The molecule has 0 bridgehead atoms. The van der Waals surface area contributed by atoms with Crippen LogP contribution in [-0.4, -0.2) is 22.7 Å². The van der Waals surface area contributed by atoms with Crippen molar-refractivity contribution in [1.82, 2.24) is 0 Å². The number of aliphatic hydroxyl groups is 1. The lowest BCUT2D eigenvalue weighted by atomic mass is 10.4. The van der Waals surface area contributed by atoms with Crippen molar-refractivity contribution in [3.63, 3.8) is 0 Å². The summed E-state index contributed by atoms with van der Waals surface area (Å²) < 4.78 is 0. The van der Waals surface area contributed by atoms with E-state index in [0.29, 0.717) is 0 Å². The molecule has 1 nitrogen and oxygen atoms in total. The van der Waals surface area contributed by atoms with E-state index in [9.17, 15) is 0 Å². The summed E-state index contributed by atoms with van der Waals surface area (Å²) in [5.74, 6) is 7.32. The van der Waals surface area contributed by atoms with Crippen LogP contribution >= 0.6 is 11.8 Å². The van der Waals surface area contributed by atoms with E-state index in [2.05, 4.69) is 25.3 Å². The van der Waals surface area contributed by atoms with Gasteiger partial charge < -0.3 is 5.11 Å². The lowest BCUT2D eigenvalue weighted by Gasteiger charge is -1.89. The minimum Gasteiger partial charge on any atom is -0.377 e. The summed E-state index contributed by atoms with van der Waals surface area (Å²) in [5.41, 5.74) is 0. The second-order valence-electron chi connectivity index (χ2n) is 1.64. The van der Waals surface area contributed by atoms with Gasteiger partial charge in [-0.3, -0.25) is 0 Å². The van der Waals surface area contributed by atoms with Crippen molar-refractivity contribution in [2.75, 3.05) is 11.5 Å². The third-order valence-corrected chi connectivity index (χ3v) is 1.61. The highest BCUT2D eigenvalue weighted by Gasteiger charge is 1.85. The molecular weight excluding hydrogens is 144 g/mol. The average Bonchev–Trinajstić information content (AvgIpc) is 1.98. The highest BCUT2D eigenvalue weighted by atomic mass is 32.2. The van der Waals surface area contributed by atoms with Crippen molar-refractivity contribution >= 4 is 11.8 Å². The summed E-state index contributed by atoms with van der Waals surface area (Å²) in [4.78, 5) is 0. The predicted octanol–water partition coefficient (Wildman–Crippen LogP) is 1.29. The molecule has 0 saturated carbocycles. The van der Waals surface area contributed by atoms with E-state index in [1.807, 2.05) is 0 Å². The molecule has 10 heavy (non-hydrogen) atoms. The summed E-state index contributed by atoms with van der Waals surface area (Å²) in [6.45, 7) is 5.48. The second kappa shape index (κ2) is 6.73. The zero-order valence-corrected chi connectivity index (χ0v) is 6.95. The van der Waals surface area contributed by atoms with Gasteiger partial charge in [-0.25, -0.2) is 0 Å². The van der Waals surface area contributed by atoms with Crippen molar-refractivity contribution in [2.45, 2.75) is 13.0 Å². The molecule has 0 amide bonds. The third kappa shape index (κ3) is 5.74. The minimum absolute atomic E-state index is 0.655. The zero-order valence-electron chi connectivity index (χ0n) is 6.13. The number of hydrogen-bond donors (Lipinski definition) is 1. The van der Waals surface area contributed by atoms with E-state index in [1.165, 1.54) is 6.08 Å². The van der Waals surface area contributed by atoms with Crippen LogP contribution in [0.15, 0.2) is 12.7 Å². The normalized spacial score (nSPS) is 11.4. The zero-order chi connectivity index (χ0) is 7.82. The molecule has 0 saturated heterocycles. The largest absolute Gasteiger partial charge is 0.377 e.